The molecule has 0 bridgehead atoms. The minimum absolute atomic E-state index is 0.0794. The van der Waals surface area contributed by atoms with Crippen molar-refractivity contribution in [3.63, 3.8) is 0 Å². The number of carbonyl (C=O) groups is 2. The first-order valence-corrected chi connectivity index (χ1v) is 10.9. The molecule has 1 aliphatic heterocycles. The van der Waals surface area contributed by atoms with E-state index in [4.69, 9.17) is 9.47 Å². The number of hydrogen-bond acceptors (Lipinski definition) is 5. The average molecular weight is 391 g/mol. The van der Waals surface area contributed by atoms with Crippen molar-refractivity contribution in [1.82, 2.24) is 0 Å². The Balaban J connectivity index is 1.62. The molecule has 1 N–H and O–H groups in total. The lowest BCUT2D eigenvalue weighted by Crippen LogP contribution is -2.50. The highest BCUT2D eigenvalue weighted by Gasteiger charge is 2.59. The number of esters is 2. The zero-order chi connectivity index (χ0) is 20.3. The van der Waals surface area contributed by atoms with E-state index in [0.717, 1.165) is 44.3 Å². The zero-order valence-corrected chi connectivity index (χ0v) is 17.6. The maximum atomic E-state index is 12.9. The fraction of sp³-hybridized carbons (Fsp3) is 0.826. The van der Waals surface area contributed by atoms with Crippen LogP contribution in [0.2, 0.25) is 0 Å². The highest BCUT2D eigenvalue weighted by molar-refractivity contribution is 5.77. The maximum Gasteiger partial charge on any atom is 0.315 e. The Kier molecular flexibility index (Phi) is 4.88. The van der Waals surface area contributed by atoms with Gasteiger partial charge in [-0.15, -0.1) is 0 Å². The largest absolute Gasteiger partial charge is 0.466 e. The molecule has 4 aliphatic rings. The third-order valence-electron chi connectivity index (χ3n) is 8.63. The predicted octanol–water partition coefficient (Wildman–Crippen LogP) is 3.99. The number of carbonyl (C=O) groups excluding carboxylic acids is 2. The molecule has 0 amide bonds. The molecule has 2 fully saturated rings. The van der Waals surface area contributed by atoms with Gasteiger partial charge in [-0.05, 0) is 67.8 Å². The number of fused-ring (bicyclic) bond motifs is 4. The first-order valence-electron chi connectivity index (χ1n) is 10.9. The lowest BCUT2D eigenvalue weighted by atomic mass is 9.55. The van der Waals surface area contributed by atoms with Crippen molar-refractivity contribution in [2.75, 3.05) is 6.61 Å². The zero-order valence-electron chi connectivity index (χ0n) is 17.6. The summed E-state index contributed by atoms with van der Waals surface area (Å²) >= 11 is 0. The van der Waals surface area contributed by atoms with Gasteiger partial charge in [0.1, 0.15) is 5.76 Å². The molecule has 4 rings (SSSR count). The highest BCUT2D eigenvalue weighted by atomic mass is 16.5. The van der Waals surface area contributed by atoms with E-state index in [9.17, 15) is 14.7 Å². The molecule has 0 aromatic carbocycles. The van der Waals surface area contributed by atoms with Crippen LogP contribution in [0.4, 0.5) is 0 Å². The van der Waals surface area contributed by atoms with Crippen LogP contribution in [0.1, 0.15) is 72.6 Å². The summed E-state index contributed by atoms with van der Waals surface area (Å²) < 4.78 is 11.3. The molecule has 1 heterocycles. The van der Waals surface area contributed by atoms with Gasteiger partial charge in [0.2, 0.25) is 0 Å². The molecule has 0 radical (unpaired) electrons. The third kappa shape index (κ3) is 2.92. The van der Waals surface area contributed by atoms with Gasteiger partial charge in [-0.3, -0.25) is 9.59 Å². The minimum atomic E-state index is -0.389. The standard InChI is InChI=1S/C23H34O5/c1-13(12-27-14(2)24)16-5-6-17-20-18(8-10-22(16,17)3)23(4)9-7-15(25)11-19(23)21(26)28-20/h13,15-17,19,25H,5-12H2,1-4H3/t13?,15?,16-,17+,19?,22-,23-/m1/s1. The van der Waals surface area contributed by atoms with Crippen molar-refractivity contribution < 1.29 is 24.2 Å². The number of aliphatic hydroxyl groups is 1. The summed E-state index contributed by atoms with van der Waals surface area (Å²) in [7, 11) is 0. The molecule has 5 heteroatoms. The Morgan fingerprint density at radius 1 is 1.25 bits per heavy atom. The van der Waals surface area contributed by atoms with Crippen LogP contribution in [-0.4, -0.2) is 29.8 Å². The predicted molar refractivity (Wildman–Crippen MR) is 104 cm³/mol. The van der Waals surface area contributed by atoms with E-state index in [0.29, 0.717) is 24.9 Å². The van der Waals surface area contributed by atoms with E-state index in [1.807, 2.05) is 0 Å². The molecule has 0 aromatic rings. The van der Waals surface area contributed by atoms with E-state index in [1.165, 1.54) is 12.5 Å². The fourth-order valence-electron chi connectivity index (χ4n) is 6.97. The smallest absolute Gasteiger partial charge is 0.315 e. The molecular weight excluding hydrogens is 356 g/mol. The lowest BCUT2D eigenvalue weighted by Gasteiger charge is -2.53. The second-order valence-electron chi connectivity index (χ2n) is 10.2. The van der Waals surface area contributed by atoms with Crippen LogP contribution < -0.4 is 0 Å². The fourth-order valence-corrected chi connectivity index (χ4v) is 6.97. The molecule has 2 saturated carbocycles. The minimum Gasteiger partial charge on any atom is -0.466 e. The normalized spacial score (nSPS) is 43.5. The maximum absolute atomic E-state index is 12.9. The second-order valence-corrected chi connectivity index (χ2v) is 10.2. The molecule has 0 saturated heterocycles. The van der Waals surface area contributed by atoms with Crippen LogP contribution in [0.5, 0.6) is 0 Å². The first-order chi connectivity index (χ1) is 13.2. The van der Waals surface area contributed by atoms with Gasteiger partial charge in [-0.25, -0.2) is 0 Å². The van der Waals surface area contributed by atoms with E-state index in [2.05, 4.69) is 20.8 Å². The van der Waals surface area contributed by atoms with Crippen LogP contribution in [0, 0.1) is 34.5 Å². The van der Waals surface area contributed by atoms with Gasteiger partial charge in [0.05, 0.1) is 18.6 Å². The molecule has 3 aliphatic carbocycles. The highest BCUT2D eigenvalue weighted by Crippen LogP contribution is 2.64. The van der Waals surface area contributed by atoms with Crippen LogP contribution in [0.3, 0.4) is 0 Å². The van der Waals surface area contributed by atoms with Gasteiger partial charge in [-0.1, -0.05) is 20.8 Å². The van der Waals surface area contributed by atoms with Gasteiger partial charge >= 0.3 is 11.9 Å². The summed E-state index contributed by atoms with van der Waals surface area (Å²) in [5, 5.41) is 10.1. The number of aliphatic hydroxyl groups excluding tert-OH is 1. The Hall–Kier alpha value is -1.36. The third-order valence-corrected chi connectivity index (χ3v) is 8.63. The molecule has 0 spiro atoms. The number of rotatable bonds is 3. The molecule has 7 atom stereocenters. The van der Waals surface area contributed by atoms with Crippen molar-refractivity contribution in [2.45, 2.75) is 78.7 Å². The van der Waals surface area contributed by atoms with Crippen molar-refractivity contribution in [3.8, 4) is 0 Å². The quantitative estimate of drug-likeness (QED) is 0.738. The first kappa shape index (κ1) is 19.9. The van der Waals surface area contributed by atoms with E-state index in [-0.39, 0.29) is 40.7 Å². The summed E-state index contributed by atoms with van der Waals surface area (Å²) in [5.74, 6) is 1.42. The Bertz CT molecular complexity index is 712. The summed E-state index contributed by atoms with van der Waals surface area (Å²) in [6, 6.07) is 0. The monoisotopic (exact) mass is 390 g/mol. The van der Waals surface area contributed by atoms with Crippen LogP contribution in [0.25, 0.3) is 0 Å². The van der Waals surface area contributed by atoms with Gasteiger partial charge in [0.25, 0.3) is 0 Å². The molecule has 28 heavy (non-hydrogen) atoms. The summed E-state index contributed by atoms with van der Waals surface area (Å²) in [5.41, 5.74) is 1.27. The molecule has 0 aromatic heterocycles. The van der Waals surface area contributed by atoms with E-state index >= 15 is 0 Å². The Morgan fingerprint density at radius 2 is 2.00 bits per heavy atom. The number of hydrogen-bond donors (Lipinski definition) is 1. The molecule has 156 valence electrons. The van der Waals surface area contributed by atoms with Gasteiger partial charge in [0.15, 0.2) is 0 Å². The van der Waals surface area contributed by atoms with Crippen LogP contribution in [-0.2, 0) is 19.1 Å². The summed E-state index contributed by atoms with van der Waals surface area (Å²) in [6.45, 7) is 8.67. The van der Waals surface area contributed by atoms with Crippen molar-refractivity contribution >= 4 is 11.9 Å². The molecular formula is C23H34O5. The Morgan fingerprint density at radius 3 is 2.71 bits per heavy atom. The van der Waals surface area contributed by atoms with Crippen molar-refractivity contribution in [1.29, 1.82) is 0 Å². The van der Waals surface area contributed by atoms with Gasteiger partial charge in [-0.2, -0.15) is 0 Å². The van der Waals surface area contributed by atoms with Crippen molar-refractivity contribution in [2.24, 2.45) is 34.5 Å². The van der Waals surface area contributed by atoms with Crippen LogP contribution in [0.15, 0.2) is 11.3 Å². The second kappa shape index (κ2) is 6.86. The topological polar surface area (TPSA) is 72.8 Å². The van der Waals surface area contributed by atoms with Crippen LogP contribution >= 0.6 is 0 Å². The summed E-state index contributed by atoms with van der Waals surface area (Å²) in [4.78, 5) is 24.1. The van der Waals surface area contributed by atoms with Gasteiger partial charge < -0.3 is 14.6 Å². The van der Waals surface area contributed by atoms with E-state index < -0.39 is 0 Å². The van der Waals surface area contributed by atoms with Crippen molar-refractivity contribution in [3.05, 3.63) is 11.3 Å². The lowest BCUT2D eigenvalue weighted by molar-refractivity contribution is -0.159. The Labute approximate surface area is 167 Å². The average Bonchev–Trinajstić information content (AvgIpc) is 2.99. The number of ether oxygens (including phenoxy) is 2. The molecule has 3 unspecified atom stereocenters. The van der Waals surface area contributed by atoms with Gasteiger partial charge in [0, 0.05) is 18.3 Å². The van der Waals surface area contributed by atoms with E-state index in [1.54, 1.807) is 0 Å². The SMILES string of the molecule is CC(=O)OCC(C)[C@H]1CC[C@H]2C3=C(CC[C@]12C)[C@@]1(C)CCC(O)CC1C(=O)O3. The number of allylic oxidation sites excluding steroid dienone is 2. The summed E-state index contributed by atoms with van der Waals surface area (Å²) in [6.07, 6.45) is 5.93. The molecule has 5 nitrogen and oxygen atoms in total.